The van der Waals surface area contributed by atoms with Crippen LogP contribution in [0.4, 0.5) is 0 Å². The van der Waals surface area contributed by atoms with Crippen LogP contribution >= 0.6 is 0 Å². The van der Waals surface area contributed by atoms with Gasteiger partial charge >= 0.3 is 0 Å². The summed E-state index contributed by atoms with van der Waals surface area (Å²) in [7, 11) is 0. The summed E-state index contributed by atoms with van der Waals surface area (Å²) >= 11 is 0. The normalized spacial score (nSPS) is 9.64. The van der Waals surface area contributed by atoms with Gasteiger partial charge in [-0.25, -0.2) is 0 Å². The molecule has 2 heteroatoms. The zero-order valence-corrected chi connectivity index (χ0v) is 6.54. The van der Waals surface area contributed by atoms with Crippen LogP contribution in [0.1, 0.15) is 12.5 Å². The Labute approximate surface area is 66.4 Å². The van der Waals surface area contributed by atoms with Gasteiger partial charge < -0.3 is 9.84 Å². The van der Waals surface area contributed by atoms with Crippen molar-refractivity contribution in [3.05, 3.63) is 29.8 Å². The summed E-state index contributed by atoms with van der Waals surface area (Å²) in [6, 6.07) is 7.21. The standard InChI is InChI=1S/C9H11O2/c1-2-11-9-5-3-8(7-10)4-6-9/h3-6H,2,7H2,1H3/q-1. The van der Waals surface area contributed by atoms with Gasteiger partial charge in [0.25, 0.3) is 0 Å². The van der Waals surface area contributed by atoms with Crippen molar-refractivity contribution in [3.8, 4) is 5.75 Å². The Kier molecular flexibility index (Phi) is 2.93. The molecule has 0 fully saturated rings. The minimum Gasteiger partial charge on any atom is -0.851 e. The molecule has 0 aliphatic carbocycles. The van der Waals surface area contributed by atoms with Crippen LogP contribution in [0, 0.1) is 0 Å². The molecule has 0 heterocycles. The molecule has 0 saturated heterocycles. The molecule has 0 atom stereocenters. The van der Waals surface area contributed by atoms with Crippen molar-refractivity contribution in [1.82, 2.24) is 0 Å². The van der Waals surface area contributed by atoms with Gasteiger partial charge in [-0.05, 0) is 19.1 Å². The quantitative estimate of drug-likeness (QED) is 0.644. The molecular formula is C9H11O2-. The molecule has 0 aliphatic heterocycles. The van der Waals surface area contributed by atoms with E-state index in [2.05, 4.69) is 0 Å². The van der Waals surface area contributed by atoms with Crippen LogP contribution in [0.2, 0.25) is 0 Å². The lowest BCUT2D eigenvalue weighted by atomic mass is 10.2. The van der Waals surface area contributed by atoms with Crippen LogP contribution in [0.15, 0.2) is 24.3 Å². The highest BCUT2D eigenvalue weighted by Crippen LogP contribution is 2.10. The van der Waals surface area contributed by atoms with Gasteiger partial charge in [0.05, 0.1) is 6.61 Å². The van der Waals surface area contributed by atoms with Crippen molar-refractivity contribution in [2.75, 3.05) is 6.61 Å². The van der Waals surface area contributed by atoms with Crippen molar-refractivity contribution >= 4 is 0 Å². The van der Waals surface area contributed by atoms with E-state index in [1.165, 1.54) is 0 Å². The molecule has 1 rings (SSSR count). The smallest absolute Gasteiger partial charge is 0.119 e. The van der Waals surface area contributed by atoms with Crippen LogP contribution in [0.5, 0.6) is 5.75 Å². The molecule has 0 N–H and O–H groups in total. The van der Waals surface area contributed by atoms with E-state index in [-0.39, 0.29) is 6.61 Å². The van der Waals surface area contributed by atoms with Crippen molar-refractivity contribution in [3.63, 3.8) is 0 Å². The lowest BCUT2D eigenvalue weighted by molar-refractivity contribution is -0.386. The second-order valence-corrected chi connectivity index (χ2v) is 2.22. The van der Waals surface area contributed by atoms with Gasteiger partial charge in [-0.2, -0.15) is 0 Å². The summed E-state index contributed by atoms with van der Waals surface area (Å²) in [6.45, 7) is 2.44. The zero-order valence-electron chi connectivity index (χ0n) is 6.54. The van der Waals surface area contributed by atoms with Gasteiger partial charge in [-0.3, -0.25) is 0 Å². The van der Waals surface area contributed by atoms with E-state index < -0.39 is 0 Å². The fourth-order valence-corrected chi connectivity index (χ4v) is 0.849. The molecule has 0 aliphatic rings. The van der Waals surface area contributed by atoms with E-state index in [9.17, 15) is 5.11 Å². The summed E-state index contributed by atoms with van der Waals surface area (Å²) in [6.07, 6.45) is 0. The Bertz CT molecular complexity index is 203. The molecule has 1 aromatic carbocycles. The number of benzene rings is 1. The highest BCUT2D eigenvalue weighted by molar-refractivity contribution is 5.26. The van der Waals surface area contributed by atoms with E-state index >= 15 is 0 Å². The van der Waals surface area contributed by atoms with E-state index in [1.54, 1.807) is 12.1 Å². The van der Waals surface area contributed by atoms with Crippen molar-refractivity contribution in [2.24, 2.45) is 0 Å². The molecule has 0 aromatic heterocycles. The molecule has 11 heavy (non-hydrogen) atoms. The summed E-state index contributed by atoms with van der Waals surface area (Å²) in [4.78, 5) is 0. The highest BCUT2D eigenvalue weighted by atomic mass is 16.5. The molecule has 0 unspecified atom stereocenters. The third kappa shape index (κ3) is 2.24. The number of hydrogen-bond acceptors (Lipinski definition) is 2. The van der Waals surface area contributed by atoms with Crippen LogP contribution in [-0.2, 0) is 6.61 Å². The Morgan fingerprint density at radius 2 is 1.91 bits per heavy atom. The summed E-state index contributed by atoms with van der Waals surface area (Å²) < 4.78 is 5.20. The van der Waals surface area contributed by atoms with E-state index in [0.29, 0.717) is 6.61 Å². The van der Waals surface area contributed by atoms with Gasteiger partial charge in [0.15, 0.2) is 0 Å². The summed E-state index contributed by atoms with van der Waals surface area (Å²) in [5.41, 5.74) is 0.799. The van der Waals surface area contributed by atoms with Crippen molar-refractivity contribution < 1.29 is 9.84 Å². The average Bonchev–Trinajstić information content (AvgIpc) is 2.07. The maximum absolute atomic E-state index is 10.4. The third-order valence-electron chi connectivity index (χ3n) is 1.40. The zero-order chi connectivity index (χ0) is 8.10. The molecule has 60 valence electrons. The molecule has 2 nitrogen and oxygen atoms in total. The van der Waals surface area contributed by atoms with Gasteiger partial charge in [-0.15, -0.1) is 6.61 Å². The van der Waals surface area contributed by atoms with Crippen LogP contribution < -0.4 is 9.84 Å². The maximum Gasteiger partial charge on any atom is 0.119 e. The fourth-order valence-electron chi connectivity index (χ4n) is 0.849. The molecule has 1 aromatic rings. The highest BCUT2D eigenvalue weighted by Gasteiger charge is 1.88. The first kappa shape index (κ1) is 8.08. The molecule has 0 radical (unpaired) electrons. The fraction of sp³-hybridized carbons (Fsp3) is 0.333. The molecule has 0 amide bonds. The largest absolute Gasteiger partial charge is 0.851 e. The first-order chi connectivity index (χ1) is 5.36. The molecule has 0 spiro atoms. The Morgan fingerprint density at radius 3 is 2.36 bits per heavy atom. The van der Waals surface area contributed by atoms with E-state index in [1.807, 2.05) is 19.1 Å². The van der Waals surface area contributed by atoms with Gasteiger partial charge in [0.1, 0.15) is 5.75 Å². The van der Waals surface area contributed by atoms with Crippen LogP contribution in [0.25, 0.3) is 0 Å². The first-order valence-corrected chi connectivity index (χ1v) is 3.66. The van der Waals surface area contributed by atoms with Crippen molar-refractivity contribution in [1.29, 1.82) is 0 Å². The number of rotatable bonds is 3. The SMILES string of the molecule is CCOc1ccc(C[O-])cc1. The van der Waals surface area contributed by atoms with Crippen LogP contribution in [-0.4, -0.2) is 6.61 Å². The van der Waals surface area contributed by atoms with Crippen LogP contribution in [0.3, 0.4) is 0 Å². The average molecular weight is 151 g/mol. The number of hydrogen-bond donors (Lipinski definition) is 0. The molecule has 0 bridgehead atoms. The predicted octanol–water partition coefficient (Wildman–Crippen LogP) is 0.946. The Balaban J connectivity index is 2.66. The van der Waals surface area contributed by atoms with Gasteiger partial charge in [0.2, 0.25) is 0 Å². The predicted molar refractivity (Wildman–Crippen MR) is 41.3 cm³/mol. The lowest BCUT2D eigenvalue weighted by Gasteiger charge is -2.06. The second-order valence-electron chi connectivity index (χ2n) is 2.22. The van der Waals surface area contributed by atoms with E-state index in [4.69, 9.17) is 4.74 Å². The molecular weight excluding hydrogens is 140 g/mol. The topological polar surface area (TPSA) is 32.3 Å². The minimum atomic E-state index is -0.160. The first-order valence-electron chi connectivity index (χ1n) is 3.66. The van der Waals surface area contributed by atoms with Crippen molar-refractivity contribution in [2.45, 2.75) is 13.5 Å². The minimum absolute atomic E-state index is 0.160. The Hall–Kier alpha value is -1.02. The Morgan fingerprint density at radius 1 is 1.27 bits per heavy atom. The third-order valence-corrected chi connectivity index (χ3v) is 1.40. The van der Waals surface area contributed by atoms with Gasteiger partial charge in [0, 0.05) is 0 Å². The monoisotopic (exact) mass is 151 g/mol. The lowest BCUT2D eigenvalue weighted by Crippen LogP contribution is -2.01. The number of ether oxygens (including phenoxy) is 1. The second kappa shape index (κ2) is 3.98. The summed E-state index contributed by atoms with van der Waals surface area (Å²) in [5, 5.41) is 10.4. The molecule has 0 saturated carbocycles. The maximum atomic E-state index is 10.4. The van der Waals surface area contributed by atoms with Gasteiger partial charge in [-0.1, -0.05) is 17.7 Å². The summed E-state index contributed by atoms with van der Waals surface area (Å²) in [5.74, 6) is 0.824. The van der Waals surface area contributed by atoms with E-state index in [0.717, 1.165) is 11.3 Å².